The zero-order valence-corrected chi connectivity index (χ0v) is 35.8. The maximum absolute atomic E-state index is 4.29. The van der Waals surface area contributed by atoms with E-state index in [0.717, 1.165) is 30.5 Å². The lowest BCUT2D eigenvalue weighted by Gasteiger charge is -2.28. The molecule has 2 heterocycles. The topological polar surface area (TPSA) is 9.72 Å². The van der Waals surface area contributed by atoms with Crippen LogP contribution in [0.4, 0.5) is 22.7 Å². The number of allylic oxidation sites excluding steroid dienone is 12. The molecule has 0 radical (unpaired) electrons. The van der Waals surface area contributed by atoms with Gasteiger partial charge in [0.15, 0.2) is 0 Å². The van der Waals surface area contributed by atoms with E-state index in [0.29, 0.717) is 6.04 Å². The van der Waals surface area contributed by atoms with E-state index >= 15 is 0 Å². The summed E-state index contributed by atoms with van der Waals surface area (Å²) in [4.78, 5) is 6.97. The summed E-state index contributed by atoms with van der Waals surface area (Å²) in [6.45, 7) is 12.4. The summed E-state index contributed by atoms with van der Waals surface area (Å²) in [7, 11) is 2.10. The van der Waals surface area contributed by atoms with Gasteiger partial charge in [0.05, 0.1) is 6.04 Å². The highest BCUT2D eigenvalue weighted by Crippen LogP contribution is 2.47. The Kier molecular flexibility index (Phi) is 13.6. The van der Waals surface area contributed by atoms with Gasteiger partial charge in [0.1, 0.15) is 0 Å². The molecule has 0 amide bonds. The Morgan fingerprint density at radius 1 is 0.700 bits per heavy atom. The second kappa shape index (κ2) is 19.7. The average Bonchev–Trinajstić information content (AvgIpc) is 3.65. The van der Waals surface area contributed by atoms with Gasteiger partial charge in [-0.15, -0.1) is 0 Å². The molecule has 0 bridgehead atoms. The molecular formula is C57H57N3. The fraction of sp³-hybridized carbons (Fsp3) is 0.158. The molecule has 3 nitrogen and oxygen atoms in total. The van der Waals surface area contributed by atoms with Crippen molar-refractivity contribution in [3.05, 3.63) is 235 Å². The fourth-order valence-electron chi connectivity index (χ4n) is 8.34. The first-order valence-corrected chi connectivity index (χ1v) is 21.4. The molecule has 60 heavy (non-hydrogen) atoms. The zero-order chi connectivity index (χ0) is 41.8. The van der Waals surface area contributed by atoms with Crippen molar-refractivity contribution in [2.45, 2.75) is 53.0 Å². The summed E-state index contributed by atoms with van der Waals surface area (Å²) in [5.74, 6) is 0. The molecule has 9 rings (SSSR count). The molecule has 0 saturated carbocycles. The number of likely N-dealkylation sites (N-methyl/N-ethyl adjacent to an activating group) is 1. The van der Waals surface area contributed by atoms with E-state index in [1.165, 1.54) is 67.4 Å². The summed E-state index contributed by atoms with van der Waals surface area (Å²) in [6, 6.07) is 46.2. The lowest BCUT2D eigenvalue weighted by atomic mass is 9.93. The van der Waals surface area contributed by atoms with Gasteiger partial charge in [-0.1, -0.05) is 154 Å². The minimum atomic E-state index is 0.407. The molecule has 1 atom stereocenters. The Hall–Kier alpha value is -6.84. The standard InChI is InChI=1S/C31H32N2.C24H19N.C2H6/c1-5-12-27(6-2)32(4)28-20-18-25(19-21-28)26-14-11-15-29(23-26)33-22-10-9-13-24(3)30-16-7-8-17-31(30)33;1-2-8-18(9-3-1)19-14-16-20(17-15-19)25-23-12-6-4-10-21(23)22-11-5-7-13-24(22)25;1-2/h5-6,8-15,17-23H,3,7,16H2,1-2,4H3;1-12,14-17,24H,13H2;1-2H3/b12-5-,13-9-,22-10-,27-6+;;. The Balaban J connectivity index is 0.000000180. The number of benzene rings is 5. The Bertz CT molecular complexity index is 2520. The van der Waals surface area contributed by atoms with Crippen molar-refractivity contribution >= 4 is 28.3 Å². The van der Waals surface area contributed by atoms with E-state index in [9.17, 15) is 0 Å². The first-order chi connectivity index (χ1) is 29.5. The maximum atomic E-state index is 4.29. The molecule has 2 aliphatic heterocycles. The number of hydrogen-bond donors (Lipinski definition) is 0. The monoisotopic (exact) mass is 783 g/mol. The highest BCUT2D eigenvalue weighted by molar-refractivity contribution is 5.93. The van der Waals surface area contributed by atoms with E-state index in [4.69, 9.17) is 0 Å². The van der Waals surface area contributed by atoms with Crippen LogP contribution in [0.3, 0.4) is 0 Å². The molecule has 0 spiro atoms. The van der Waals surface area contributed by atoms with E-state index in [-0.39, 0.29) is 0 Å². The van der Waals surface area contributed by atoms with Gasteiger partial charge in [-0.05, 0) is 133 Å². The molecular weight excluding hydrogens is 727 g/mol. The van der Waals surface area contributed by atoms with Crippen molar-refractivity contribution in [2.75, 3.05) is 21.7 Å². The van der Waals surface area contributed by atoms with Gasteiger partial charge in [-0.25, -0.2) is 0 Å². The van der Waals surface area contributed by atoms with E-state index < -0.39 is 0 Å². The number of nitrogens with zero attached hydrogens (tertiary/aromatic N) is 3. The third-order valence-corrected chi connectivity index (χ3v) is 11.3. The maximum Gasteiger partial charge on any atom is 0.0632 e. The van der Waals surface area contributed by atoms with Gasteiger partial charge >= 0.3 is 0 Å². The summed E-state index contributed by atoms with van der Waals surface area (Å²) in [5.41, 5.74) is 17.4. The molecule has 1 unspecified atom stereocenters. The Morgan fingerprint density at radius 2 is 1.40 bits per heavy atom. The molecule has 5 aromatic rings. The number of fused-ring (bicyclic) bond motifs is 3. The van der Waals surface area contributed by atoms with Crippen molar-refractivity contribution in [1.82, 2.24) is 0 Å². The lowest BCUT2D eigenvalue weighted by Crippen LogP contribution is -2.26. The fourth-order valence-corrected chi connectivity index (χ4v) is 8.34. The number of para-hydroxylation sites is 1. The highest BCUT2D eigenvalue weighted by Gasteiger charge is 2.34. The quantitative estimate of drug-likeness (QED) is 0.152. The van der Waals surface area contributed by atoms with Crippen LogP contribution in [0.25, 0.3) is 27.8 Å². The minimum Gasteiger partial charge on any atom is -0.345 e. The SMILES string of the molecule is C1=CCC2C(=C1)c1ccccc1N2c1ccc(-c2ccccc2)cc1.C=C1/C=C\C=C/N(c2cccc(-c3ccc(N(C)C(/C=C\C)=C/C)cc3)c2)C2=C1CCC=C2.CC. The van der Waals surface area contributed by atoms with Gasteiger partial charge in [0.2, 0.25) is 0 Å². The van der Waals surface area contributed by atoms with Crippen LogP contribution in [0.1, 0.15) is 52.5 Å². The molecule has 4 aliphatic rings. The third-order valence-electron chi connectivity index (χ3n) is 11.3. The molecule has 0 N–H and O–H groups in total. The van der Waals surface area contributed by atoms with Crippen molar-refractivity contribution in [1.29, 1.82) is 0 Å². The molecule has 3 heteroatoms. The van der Waals surface area contributed by atoms with Crippen LogP contribution >= 0.6 is 0 Å². The van der Waals surface area contributed by atoms with Crippen molar-refractivity contribution < 1.29 is 0 Å². The second-order valence-electron chi connectivity index (χ2n) is 14.9. The van der Waals surface area contributed by atoms with Crippen LogP contribution in [0, 0.1) is 0 Å². The second-order valence-corrected chi connectivity index (χ2v) is 14.9. The zero-order valence-electron chi connectivity index (χ0n) is 35.8. The molecule has 2 aliphatic carbocycles. The summed E-state index contributed by atoms with van der Waals surface area (Å²) in [6.07, 6.45) is 29.1. The van der Waals surface area contributed by atoms with Crippen LogP contribution in [-0.4, -0.2) is 13.1 Å². The van der Waals surface area contributed by atoms with Crippen LogP contribution in [0.5, 0.6) is 0 Å². The lowest BCUT2D eigenvalue weighted by molar-refractivity contribution is 0.829. The van der Waals surface area contributed by atoms with Gasteiger partial charge in [0, 0.05) is 53.0 Å². The van der Waals surface area contributed by atoms with Crippen LogP contribution in [-0.2, 0) is 0 Å². The van der Waals surface area contributed by atoms with Crippen LogP contribution in [0.2, 0.25) is 0 Å². The van der Waals surface area contributed by atoms with Gasteiger partial charge in [-0.2, -0.15) is 0 Å². The van der Waals surface area contributed by atoms with Gasteiger partial charge < -0.3 is 14.7 Å². The molecule has 0 fully saturated rings. The minimum absolute atomic E-state index is 0.407. The van der Waals surface area contributed by atoms with E-state index in [1.54, 1.807) is 0 Å². The van der Waals surface area contributed by atoms with Crippen molar-refractivity contribution in [2.24, 2.45) is 0 Å². The summed E-state index contributed by atoms with van der Waals surface area (Å²) in [5, 5.41) is 0. The third kappa shape index (κ3) is 8.92. The normalized spacial score (nSPS) is 17.6. The average molecular weight is 784 g/mol. The van der Waals surface area contributed by atoms with Crippen LogP contribution in [0.15, 0.2) is 230 Å². The van der Waals surface area contributed by atoms with Crippen molar-refractivity contribution in [3.63, 3.8) is 0 Å². The first-order valence-electron chi connectivity index (χ1n) is 21.4. The highest BCUT2D eigenvalue weighted by atomic mass is 15.2. The Labute approximate surface area is 359 Å². The summed E-state index contributed by atoms with van der Waals surface area (Å²) < 4.78 is 0. The predicted octanol–water partition coefficient (Wildman–Crippen LogP) is 15.6. The smallest absolute Gasteiger partial charge is 0.0632 e. The Morgan fingerprint density at radius 3 is 2.17 bits per heavy atom. The number of hydrogen-bond acceptors (Lipinski definition) is 3. The van der Waals surface area contributed by atoms with Crippen LogP contribution < -0.4 is 14.7 Å². The molecule has 0 saturated heterocycles. The van der Waals surface area contributed by atoms with Gasteiger partial charge in [-0.3, -0.25) is 0 Å². The number of rotatable bonds is 7. The predicted molar refractivity (Wildman–Crippen MR) is 261 cm³/mol. The first kappa shape index (κ1) is 41.3. The van der Waals surface area contributed by atoms with Gasteiger partial charge in [0.25, 0.3) is 0 Å². The van der Waals surface area contributed by atoms with E-state index in [1.807, 2.05) is 20.8 Å². The molecule has 300 valence electrons. The van der Waals surface area contributed by atoms with Crippen molar-refractivity contribution in [3.8, 4) is 22.3 Å². The molecule has 5 aromatic carbocycles. The largest absolute Gasteiger partial charge is 0.345 e. The number of anilines is 4. The molecule has 0 aromatic heterocycles. The summed E-state index contributed by atoms with van der Waals surface area (Å²) >= 11 is 0. The van der Waals surface area contributed by atoms with E-state index in [2.05, 4.69) is 236 Å².